The summed E-state index contributed by atoms with van der Waals surface area (Å²) in [6.07, 6.45) is 0. The number of likely N-dealkylation sites (N-methyl/N-ethyl adjacent to an activating group) is 1. The molecule has 28 heavy (non-hydrogen) atoms. The molecule has 0 bridgehead atoms. The summed E-state index contributed by atoms with van der Waals surface area (Å²) < 4.78 is 31.8. The molecule has 1 aromatic carbocycles. The Morgan fingerprint density at radius 3 is 2.86 bits per heavy atom. The number of nitrogens with one attached hydrogen (secondary N) is 2. The second-order valence-electron chi connectivity index (χ2n) is 6.09. The fraction of sp³-hybridized carbons (Fsp3) is 0.235. The Bertz CT molecular complexity index is 1060. The third-order valence-electron chi connectivity index (χ3n) is 3.88. The summed E-state index contributed by atoms with van der Waals surface area (Å²) in [6, 6.07) is 7.62. The number of nitrogens with zero attached hydrogens (tertiary/aromatic N) is 2. The summed E-state index contributed by atoms with van der Waals surface area (Å²) in [5, 5.41) is 4.99. The first-order chi connectivity index (χ1) is 13.2. The lowest BCUT2D eigenvalue weighted by atomic mass is 10.2. The molecule has 0 radical (unpaired) electrons. The van der Waals surface area contributed by atoms with E-state index in [2.05, 4.69) is 15.6 Å². The summed E-state index contributed by atoms with van der Waals surface area (Å²) in [5.74, 6) is -0.407. The van der Waals surface area contributed by atoms with Crippen molar-refractivity contribution < 1.29 is 22.7 Å². The molecular formula is C17H17ClN4O5S. The molecule has 0 aliphatic carbocycles. The fourth-order valence-corrected chi connectivity index (χ4v) is 4.17. The Labute approximate surface area is 166 Å². The zero-order valence-electron chi connectivity index (χ0n) is 15.0. The number of rotatable bonds is 5. The van der Waals surface area contributed by atoms with Gasteiger partial charge in [-0.25, -0.2) is 13.4 Å². The van der Waals surface area contributed by atoms with Gasteiger partial charge in [-0.1, -0.05) is 17.7 Å². The number of benzene rings is 1. The minimum atomic E-state index is -4.08. The molecule has 0 saturated carbocycles. The fourth-order valence-electron chi connectivity index (χ4n) is 2.53. The van der Waals surface area contributed by atoms with Crippen molar-refractivity contribution in [2.24, 2.45) is 0 Å². The van der Waals surface area contributed by atoms with E-state index in [1.165, 1.54) is 19.2 Å². The highest BCUT2D eigenvalue weighted by Gasteiger charge is 2.28. The Morgan fingerprint density at radius 1 is 1.39 bits per heavy atom. The van der Waals surface area contributed by atoms with Gasteiger partial charge in [0.1, 0.15) is 16.5 Å². The van der Waals surface area contributed by atoms with E-state index in [-0.39, 0.29) is 33.9 Å². The van der Waals surface area contributed by atoms with Gasteiger partial charge < -0.3 is 15.4 Å². The number of hydrogen-bond acceptors (Lipinski definition) is 6. The molecule has 0 fully saturated rings. The van der Waals surface area contributed by atoms with Gasteiger partial charge in [-0.05, 0) is 25.1 Å². The second-order valence-corrected chi connectivity index (χ2v) is 8.51. The van der Waals surface area contributed by atoms with Gasteiger partial charge >= 0.3 is 0 Å². The molecule has 11 heteroatoms. The molecule has 2 heterocycles. The zero-order chi connectivity index (χ0) is 20.5. The van der Waals surface area contributed by atoms with Crippen LogP contribution in [0.1, 0.15) is 5.69 Å². The van der Waals surface area contributed by atoms with E-state index < -0.39 is 22.5 Å². The van der Waals surface area contributed by atoms with E-state index in [0.717, 1.165) is 4.31 Å². The van der Waals surface area contributed by atoms with Crippen LogP contribution in [0.3, 0.4) is 0 Å². The number of ether oxygens (including phenoxy) is 1. The summed E-state index contributed by atoms with van der Waals surface area (Å²) >= 11 is 6.10. The predicted octanol–water partition coefficient (Wildman–Crippen LogP) is 1.63. The van der Waals surface area contributed by atoms with E-state index in [4.69, 9.17) is 16.3 Å². The van der Waals surface area contributed by atoms with Crippen molar-refractivity contribution in [3.8, 4) is 5.75 Å². The van der Waals surface area contributed by atoms with Crippen LogP contribution in [0.4, 0.5) is 11.5 Å². The Hall–Kier alpha value is -2.69. The van der Waals surface area contributed by atoms with Crippen LogP contribution >= 0.6 is 11.6 Å². The number of halogens is 1. The molecule has 3 rings (SSSR count). The monoisotopic (exact) mass is 424 g/mol. The summed E-state index contributed by atoms with van der Waals surface area (Å²) in [6.45, 7) is 1.10. The molecule has 0 atom stereocenters. The van der Waals surface area contributed by atoms with Crippen LogP contribution in [0.2, 0.25) is 5.02 Å². The Balaban J connectivity index is 1.78. The molecule has 148 valence electrons. The number of sulfonamides is 1. The molecule has 0 unspecified atom stereocenters. The van der Waals surface area contributed by atoms with Gasteiger partial charge in [0, 0.05) is 18.8 Å². The summed E-state index contributed by atoms with van der Waals surface area (Å²) in [5.41, 5.74) is 0.998. The van der Waals surface area contributed by atoms with E-state index in [1.54, 1.807) is 25.1 Å². The Morgan fingerprint density at radius 2 is 2.14 bits per heavy atom. The SMILES string of the molecule is Cc1cccc(NC(=O)CN(C)S(=O)(=O)c2cc3c(cc2Cl)NC(=O)CO3)n1. The van der Waals surface area contributed by atoms with Gasteiger partial charge in [-0.2, -0.15) is 4.31 Å². The van der Waals surface area contributed by atoms with Crippen LogP contribution in [-0.4, -0.2) is 49.7 Å². The highest BCUT2D eigenvalue weighted by molar-refractivity contribution is 7.89. The van der Waals surface area contributed by atoms with Crippen LogP contribution in [0, 0.1) is 6.92 Å². The molecule has 9 nitrogen and oxygen atoms in total. The van der Waals surface area contributed by atoms with E-state index >= 15 is 0 Å². The van der Waals surface area contributed by atoms with E-state index in [9.17, 15) is 18.0 Å². The average molecular weight is 425 g/mol. The number of carbonyl (C=O) groups is 2. The van der Waals surface area contributed by atoms with Crippen LogP contribution in [0.25, 0.3) is 0 Å². The molecule has 2 N–H and O–H groups in total. The van der Waals surface area contributed by atoms with Crippen LogP contribution in [0.15, 0.2) is 35.2 Å². The third-order valence-corrected chi connectivity index (χ3v) is 6.15. The first-order valence-corrected chi connectivity index (χ1v) is 9.94. The number of anilines is 2. The second kappa shape index (κ2) is 7.74. The lowest BCUT2D eigenvalue weighted by molar-refractivity contribution is -0.118. The van der Waals surface area contributed by atoms with Crippen LogP contribution in [0.5, 0.6) is 5.75 Å². The number of amides is 2. The first kappa shape index (κ1) is 20.1. The molecule has 0 saturated heterocycles. The largest absolute Gasteiger partial charge is 0.482 e. The van der Waals surface area contributed by atoms with Crippen molar-refractivity contribution in [2.45, 2.75) is 11.8 Å². The predicted molar refractivity (Wildman–Crippen MR) is 103 cm³/mol. The Kier molecular flexibility index (Phi) is 5.54. The molecule has 0 spiro atoms. The highest BCUT2D eigenvalue weighted by Crippen LogP contribution is 2.36. The van der Waals surface area contributed by atoms with Crippen molar-refractivity contribution in [2.75, 3.05) is 30.8 Å². The lowest BCUT2D eigenvalue weighted by Crippen LogP contribution is -2.35. The number of hydrogen-bond donors (Lipinski definition) is 2. The van der Waals surface area contributed by atoms with Gasteiger partial charge in [0.05, 0.1) is 17.3 Å². The average Bonchev–Trinajstić information content (AvgIpc) is 2.60. The third kappa shape index (κ3) is 4.24. The quantitative estimate of drug-likeness (QED) is 0.753. The summed E-state index contributed by atoms with van der Waals surface area (Å²) in [7, 11) is -2.82. The lowest BCUT2D eigenvalue weighted by Gasteiger charge is -2.22. The minimum absolute atomic E-state index is 0.0999. The molecular weight excluding hydrogens is 408 g/mol. The number of pyridine rings is 1. The van der Waals surface area contributed by atoms with E-state index in [1.807, 2.05) is 0 Å². The van der Waals surface area contributed by atoms with Crippen molar-refractivity contribution in [3.63, 3.8) is 0 Å². The first-order valence-electron chi connectivity index (χ1n) is 8.13. The highest BCUT2D eigenvalue weighted by atomic mass is 35.5. The molecule has 2 aromatic rings. The number of aryl methyl sites for hydroxylation is 1. The standard InChI is InChI=1S/C17H17ClN4O5S/c1-10-4-3-5-15(19-10)21-16(23)8-22(2)28(25,26)14-7-13-12(6-11(14)18)20-17(24)9-27-13/h3-7H,8-9H2,1-2H3,(H,20,24)(H,19,21,23). The van der Waals surface area contributed by atoms with Crippen molar-refractivity contribution in [3.05, 3.63) is 41.0 Å². The maximum absolute atomic E-state index is 12.8. The van der Waals surface area contributed by atoms with Gasteiger partial charge in [0.2, 0.25) is 15.9 Å². The van der Waals surface area contributed by atoms with Gasteiger partial charge in [-0.3, -0.25) is 9.59 Å². The van der Waals surface area contributed by atoms with Gasteiger partial charge in [0.25, 0.3) is 5.91 Å². The van der Waals surface area contributed by atoms with E-state index in [0.29, 0.717) is 11.5 Å². The smallest absolute Gasteiger partial charge is 0.262 e. The molecule has 1 aliphatic rings. The maximum atomic E-state index is 12.8. The molecule has 1 aliphatic heterocycles. The minimum Gasteiger partial charge on any atom is -0.482 e. The van der Waals surface area contributed by atoms with Crippen molar-refractivity contribution in [1.82, 2.24) is 9.29 Å². The zero-order valence-corrected chi connectivity index (χ0v) is 16.6. The molecule has 2 amide bonds. The van der Waals surface area contributed by atoms with Gasteiger partial charge in [-0.15, -0.1) is 0 Å². The topological polar surface area (TPSA) is 118 Å². The summed E-state index contributed by atoms with van der Waals surface area (Å²) in [4.78, 5) is 27.5. The van der Waals surface area contributed by atoms with Crippen LogP contribution < -0.4 is 15.4 Å². The number of aromatic nitrogens is 1. The maximum Gasteiger partial charge on any atom is 0.262 e. The number of fused-ring (bicyclic) bond motifs is 1. The molecule has 1 aromatic heterocycles. The van der Waals surface area contributed by atoms with Crippen molar-refractivity contribution in [1.29, 1.82) is 0 Å². The number of carbonyl (C=O) groups excluding carboxylic acids is 2. The van der Waals surface area contributed by atoms with Gasteiger partial charge in [0.15, 0.2) is 6.61 Å². The van der Waals surface area contributed by atoms with Crippen LogP contribution in [-0.2, 0) is 19.6 Å². The normalized spacial score (nSPS) is 13.5. The van der Waals surface area contributed by atoms with Crippen molar-refractivity contribution >= 4 is 44.9 Å².